The number of benzene rings is 3. The van der Waals surface area contributed by atoms with Crippen molar-refractivity contribution in [2.24, 2.45) is 10.6 Å². The molecule has 0 saturated heterocycles. The summed E-state index contributed by atoms with van der Waals surface area (Å²) in [6, 6.07) is 12.1. The molecule has 2 aliphatic carbocycles. The summed E-state index contributed by atoms with van der Waals surface area (Å²) in [7, 11) is -4.87. The number of hydrogen-bond acceptors (Lipinski definition) is 9. The van der Waals surface area contributed by atoms with Crippen molar-refractivity contribution in [1.82, 2.24) is 4.31 Å². The van der Waals surface area contributed by atoms with Gasteiger partial charge in [-0.05, 0) is 66.5 Å². The molecule has 0 spiro atoms. The first kappa shape index (κ1) is 31.9. The maximum atomic E-state index is 14.2. The van der Waals surface area contributed by atoms with Crippen LogP contribution >= 0.6 is 0 Å². The SMILES string of the molecule is COc1cc(N2C=CN(S(=O)(=O)c3ccc4c(c3)/C(=N\O)c3cc(S(=O)(=O)C5CCC(C)(C)CC5)ccc3-4)CC2)c(OC)cc1F. The van der Waals surface area contributed by atoms with Crippen LogP contribution in [-0.2, 0) is 19.9 Å². The first-order chi connectivity index (χ1) is 21.8. The Hall–Kier alpha value is -4.10. The largest absolute Gasteiger partial charge is 0.494 e. The minimum atomic E-state index is -4.03. The lowest BCUT2D eigenvalue weighted by Crippen LogP contribution is -2.38. The van der Waals surface area contributed by atoms with Crippen LogP contribution in [0, 0.1) is 11.2 Å². The van der Waals surface area contributed by atoms with Crippen molar-refractivity contribution in [3.63, 3.8) is 0 Å². The van der Waals surface area contributed by atoms with Gasteiger partial charge in [0.25, 0.3) is 10.0 Å². The van der Waals surface area contributed by atoms with E-state index in [-0.39, 0.29) is 45.5 Å². The van der Waals surface area contributed by atoms with Crippen LogP contribution in [0.4, 0.5) is 10.1 Å². The lowest BCUT2D eigenvalue weighted by molar-refractivity contribution is 0.246. The Kier molecular flexibility index (Phi) is 8.04. The predicted octanol–water partition coefficient (Wildman–Crippen LogP) is 5.77. The molecule has 244 valence electrons. The molecule has 1 heterocycles. The van der Waals surface area contributed by atoms with E-state index in [1.807, 2.05) is 0 Å². The highest BCUT2D eigenvalue weighted by Crippen LogP contribution is 2.43. The number of ether oxygens (including phenoxy) is 2. The van der Waals surface area contributed by atoms with E-state index in [2.05, 4.69) is 19.0 Å². The van der Waals surface area contributed by atoms with Crippen LogP contribution in [0.2, 0.25) is 0 Å². The van der Waals surface area contributed by atoms with Crippen LogP contribution in [0.5, 0.6) is 11.5 Å². The molecule has 0 unspecified atom stereocenters. The van der Waals surface area contributed by atoms with Crippen LogP contribution < -0.4 is 14.4 Å². The number of halogens is 1. The number of anilines is 1. The van der Waals surface area contributed by atoms with E-state index in [4.69, 9.17) is 9.47 Å². The number of rotatable bonds is 7. The number of oxime groups is 1. The van der Waals surface area contributed by atoms with E-state index >= 15 is 0 Å². The number of fused-ring (bicyclic) bond motifs is 3. The van der Waals surface area contributed by atoms with E-state index in [9.17, 15) is 26.4 Å². The quantitative estimate of drug-likeness (QED) is 0.194. The molecule has 1 aliphatic heterocycles. The maximum Gasteiger partial charge on any atom is 0.263 e. The van der Waals surface area contributed by atoms with Gasteiger partial charge in [-0.2, -0.15) is 0 Å². The van der Waals surface area contributed by atoms with Crippen LogP contribution in [0.1, 0.15) is 50.7 Å². The summed E-state index contributed by atoms with van der Waals surface area (Å²) in [5.74, 6) is -0.279. The van der Waals surface area contributed by atoms with Crippen molar-refractivity contribution in [2.75, 3.05) is 32.2 Å². The summed E-state index contributed by atoms with van der Waals surface area (Å²) in [6.45, 7) is 4.64. The van der Waals surface area contributed by atoms with Gasteiger partial charge in [0, 0.05) is 42.2 Å². The minimum Gasteiger partial charge on any atom is -0.494 e. The standard InChI is InChI=1S/C33H36FN3O7S2/c1-33(2)11-9-21(10-12-33)45(39,40)22-5-7-24-25-8-6-23(18-27(25)32(35-38)26(24)17-22)46(41,42)37-15-13-36(14-16-37)29-20-30(43-3)28(34)19-31(29)44-4/h5-8,13,15,17-21,38H,9-12,14,16H2,1-4H3/b35-32-. The number of nitrogens with zero attached hydrogens (tertiary/aromatic N) is 3. The van der Waals surface area contributed by atoms with E-state index in [1.54, 1.807) is 29.3 Å². The third-order valence-corrected chi connectivity index (χ3v) is 13.3. The molecular formula is C33H36FN3O7S2. The van der Waals surface area contributed by atoms with Gasteiger partial charge in [-0.15, -0.1) is 0 Å². The summed E-state index contributed by atoms with van der Waals surface area (Å²) in [6.07, 6.45) is 5.81. The summed E-state index contributed by atoms with van der Waals surface area (Å²) in [5.41, 5.74) is 2.87. The fraction of sp³-hybridized carbons (Fsp3) is 0.364. The van der Waals surface area contributed by atoms with Crippen molar-refractivity contribution >= 4 is 31.3 Å². The van der Waals surface area contributed by atoms with Crippen molar-refractivity contribution in [2.45, 2.75) is 54.6 Å². The fourth-order valence-corrected chi connectivity index (χ4v) is 9.58. The Bertz CT molecular complexity index is 1980. The van der Waals surface area contributed by atoms with Crippen molar-refractivity contribution < 1.29 is 35.9 Å². The van der Waals surface area contributed by atoms with Gasteiger partial charge in [-0.1, -0.05) is 31.1 Å². The Balaban J connectivity index is 1.27. The predicted molar refractivity (Wildman–Crippen MR) is 172 cm³/mol. The molecule has 3 aromatic carbocycles. The number of hydrogen-bond donors (Lipinski definition) is 1. The fourth-order valence-electron chi connectivity index (χ4n) is 6.49. The number of sulfone groups is 1. The summed E-state index contributed by atoms with van der Waals surface area (Å²) in [4.78, 5) is 1.89. The van der Waals surface area contributed by atoms with Gasteiger partial charge in [0.1, 0.15) is 11.5 Å². The Morgan fingerprint density at radius 1 is 0.826 bits per heavy atom. The molecule has 6 rings (SSSR count). The molecule has 0 amide bonds. The second kappa shape index (κ2) is 11.6. The van der Waals surface area contributed by atoms with Crippen LogP contribution in [-0.4, -0.2) is 64.6 Å². The van der Waals surface area contributed by atoms with Crippen LogP contribution in [0.15, 0.2) is 75.9 Å². The first-order valence-electron chi connectivity index (χ1n) is 14.9. The Morgan fingerprint density at radius 2 is 1.43 bits per heavy atom. The van der Waals surface area contributed by atoms with Crippen molar-refractivity contribution in [3.8, 4) is 22.6 Å². The highest BCUT2D eigenvalue weighted by Gasteiger charge is 2.37. The van der Waals surface area contributed by atoms with Gasteiger partial charge in [0.05, 0.1) is 41.5 Å². The average Bonchev–Trinajstić information content (AvgIpc) is 3.36. The molecule has 1 fully saturated rings. The Morgan fingerprint density at radius 3 is 2.00 bits per heavy atom. The summed E-state index contributed by atoms with van der Waals surface area (Å²) in [5, 5.41) is 13.1. The van der Waals surface area contributed by atoms with Crippen molar-refractivity contribution in [1.29, 1.82) is 0 Å². The van der Waals surface area contributed by atoms with Gasteiger partial charge in [0.2, 0.25) is 0 Å². The molecule has 0 atom stereocenters. The second-order valence-electron chi connectivity index (χ2n) is 12.5. The normalized spacial score (nSPS) is 18.8. The molecule has 3 aliphatic rings. The zero-order valence-corrected chi connectivity index (χ0v) is 27.7. The summed E-state index contributed by atoms with van der Waals surface area (Å²) >= 11 is 0. The van der Waals surface area contributed by atoms with Gasteiger partial charge in [0.15, 0.2) is 21.4 Å². The van der Waals surface area contributed by atoms with E-state index in [0.717, 1.165) is 12.8 Å². The zero-order chi connectivity index (χ0) is 33.0. The highest BCUT2D eigenvalue weighted by atomic mass is 32.2. The lowest BCUT2D eigenvalue weighted by atomic mass is 9.77. The lowest BCUT2D eigenvalue weighted by Gasteiger charge is -2.34. The smallest absolute Gasteiger partial charge is 0.263 e. The molecule has 13 heteroatoms. The topological polar surface area (TPSA) is 126 Å². The molecule has 46 heavy (non-hydrogen) atoms. The van der Waals surface area contributed by atoms with E-state index < -0.39 is 30.9 Å². The molecule has 0 radical (unpaired) electrons. The van der Waals surface area contributed by atoms with Crippen LogP contribution in [0.25, 0.3) is 11.1 Å². The minimum absolute atomic E-state index is 0.0167. The third kappa shape index (κ3) is 5.38. The number of methoxy groups -OCH3 is 2. The Labute approximate surface area is 268 Å². The maximum absolute atomic E-state index is 14.2. The number of sulfonamides is 1. The molecule has 3 aromatic rings. The molecule has 1 saturated carbocycles. The average molecular weight is 670 g/mol. The first-order valence-corrected chi connectivity index (χ1v) is 17.9. The van der Waals surface area contributed by atoms with Gasteiger partial charge in [-0.3, -0.25) is 4.31 Å². The van der Waals surface area contributed by atoms with E-state index in [0.29, 0.717) is 40.8 Å². The summed E-state index contributed by atoms with van der Waals surface area (Å²) < 4.78 is 80.5. The molecule has 0 aromatic heterocycles. The highest BCUT2D eigenvalue weighted by molar-refractivity contribution is 7.92. The molecule has 10 nitrogen and oxygen atoms in total. The van der Waals surface area contributed by atoms with E-state index in [1.165, 1.54) is 55.1 Å². The van der Waals surface area contributed by atoms with Gasteiger partial charge < -0.3 is 19.6 Å². The van der Waals surface area contributed by atoms with Gasteiger partial charge in [-0.25, -0.2) is 21.2 Å². The molecule has 1 N–H and O–H groups in total. The zero-order valence-electron chi connectivity index (χ0n) is 26.0. The monoisotopic (exact) mass is 669 g/mol. The van der Waals surface area contributed by atoms with Gasteiger partial charge >= 0.3 is 0 Å². The second-order valence-corrected chi connectivity index (χ2v) is 16.7. The van der Waals surface area contributed by atoms with Crippen molar-refractivity contribution in [3.05, 3.63) is 77.9 Å². The van der Waals surface area contributed by atoms with Crippen LogP contribution in [0.3, 0.4) is 0 Å². The molecular weight excluding hydrogens is 634 g/mol. The third-order valence-electron chi connectivity index (χ3n) is 9.28. The molecule has 0 bridgehead atoms.